The van der Waals surface area contributed by atoms with Gasteiger partial charge in [-0.1, -0.05) is 17.3 Å². The first-order valence-corrected chi connectivity index (χ1v) is 15.1. The molecule has 6 rings (SSSR count). The highest BCUT2D eigenvalue weighted by Gasteiger charge is 2.57. The molecule has 0 unspecified atom stereocenters. The number of pyridine rings is 1. The number of sulfonamides is 1. The highest BCUT2D eigenvalue weighted by molar-refractivity contribution is 7.92. The molecule has 0 N–H and O–H groups in total. The minimum atomic E-state index is -4.65. The summed E-state index contributed by atoms with van der Waals surface area (Å²) >= 11 is 0. The Labute approximate surface area is 258 Å². The van der Waals surface area contributed by atoms with Gasteiger partial charge in [0, 0.05) is 29.7 Å². The Bertz CT molecular complexity index is 2100. The van der Waals surface area contributed by atoms with Crippen molar-refractivity contribution in [2.24, 2.45) is 5.92 Å². The number of halogens is 5. The van der Waals surface area contributed by atoms with Crippen LogP contribution in [0.4, 0.5) is 27.8 Å². The lowest BCUT2D eigenvalue weighted by Gasteiger charge is -2.23. The summed E-state index contributed by atoms with van der Waals surface area (Å²) in [5.41, 5.74) is -0.802. The average molecular weight is 662 g/mol. The number of nitrogens with zero attached hydrogens (tertiary/aromatic N) is 3. The van der Waals surface area contributed by atoms with E-state index in [1.54, 1.807) is 24.3 Å². The summed E-state index contributed by atoms with van der Waals surface area (Å²) in [5, 5.41) is 3.81. The van der Waals surface area contributed by atoms with Gasteiger partial charge in [0.25, 0.3) is 15.6 Å². The van der Waals surface area contributed by atoms with E-state index in [9.17, 15) is 26.4 Å². The second-order valence-corrected chi connectivity index (χ2v) is 12.4. The van der Waals surface area contributed by atoms with E-state index >= 15 is 8.78 Å². The van der Waals surface area contributed by atoms with Crippen molar-refractivity contribution in [3.05, 3.63) is 106 Å². The Kier molecular flexibility index (Phi) is 7.74. The van der Waals surface area contributed by atoms with Crippen LogP contribution in [0.1, 0.15) is 23.5 Å². The lowest BCUT2D eigenvalue weighted by Crippen LogP contribution is -2.31. The summed E-state index contributed by atoms with van der Waals surface area (Å²) in [6.45, 7) is -0.255. The fourth-order valence-corrected chi connectivity index (χ4v) is 6.89. The van der Waals surface area contributed by atoms with E-state index in [2.05, 4.69) is 5.16 Å². The molecule has 5 aromatic rings. The van der Waals surface area contributed by atoms with Crippen LogP contribution in [-0.4, -0.2) is 38.5 Å². The van der Waals surface area contributed by atoms with Gasteiger partial charge in [0.05, 0.1) is 37.9 Å². The van der Waals surface area contributed by atoms with Crippen LogP contribution in [0.15, 0.2) is 87.2 Å². The first kappa shape index (κ1) is 31.1. The lowest BCUT2D eigenvalue weighted by atomic mass is 10.1. The minimum absolute atomic E-state index is 0.0787. The van der Waals surface area contributed by atoms with Gasteiger partial charge in [0.2, 0.25) is 0 Å². The lowest BCUT2D eigenvalue weighted by molar-refractivity contribution is -0.148. The number of ether oxygens (including phenoxy) is 2. The Morgan fingerprint density at radius 1 is 0.978 bits per heavy atom. The second-order valence-electron chi connectivity index (χ2n) is 10.6. The molecular formula is C31H24F5N3O6S. The van der Waals surface area contributed by atoms with Gasteiger partial charge in [-0.15, -0.1) is 0 Å². The molecule has 0 spiro atoms. The topological polar surface area (TPSA) is 104 Å². The van der Waals surface area contributed by atoms with Crippen molar-refractivity contribution in [1.82, 2.24) is 9.72 Å². The molecule has 1 aliphatic rings. The van der Waals surface area contributed by atoms with Gasteiger partial charge in [0.15, 0.2) is 5.82 Å². The van der Waals surface area contributed by atoms with Crippen molar-refractivity contribution in [2.45, 2.75) is 30.0 Å². The predicted octanol–water partition coefficient (Wildman–Crippen LogP) is 6.34. The van der Waals surface area contributed by atoms with E-state index in [0.29, 0.717) is 11.3 Å². The Morgan fingerprint density at radius 2 is 1.72 bits per heavy atom. The third-order valence-corrected chi connectivity index (χ3v) is 9.60. The fourth-order valence-electron chi connectivity index (χ4n) is 5.41. The van der Waals surface area contributed by atoms with Gasteiger partial charge in [0.1, 0.15) is 34.3 Å². The highest BCUT2D eigenvalue weighted by Crippen LogP contribution is 2.57. The van der Waals surface area contributed by atoms with E-state index in [4.69, 9.17) is 14.0 Å². The molecular weight excluding hydrogens is 637 g/mol. The normalized spacial score (nSPS) is 16.4. The number of aromatic nitrogens is 2. The molecule has 2 aromatic heterocycles. The smallest absolute Gasteiger partial charge is 0.392 e. The zero-order valence-corrected chi connectivity index (χ0v) is 24.9. The maximum atomic E-state index is 15.9. The molecule has 1 saturated carbocycles. The van der Waals surface area contributed by atoms with E-state index in [1.165, 1.54) is 26.4 Å². The van der Waals surface area contributed by atoms with Crippen LogP contribution in [0.5, 0.6) is 11.5 Å². The molecule has 0 amide bonds. The first-order chi connectivity index (χ1) is 21.8. The molecule has 15 heteroatoms. The predicted molar refractivity (Wildman–Crippen MR) is 156 cm³/mol. The first-order valence-electron chi connectivity index (χ1n) is 13.7. The standard InChI is InChI=1S/C31H24F5N3O6S/c1-43-19-6-3-17(4-7-19)16-38(29-9-10-45-37-29)46(41,42)28-11-18-5-8-30(40)39(25(18)15-24(28)33)26-14-23(32)21(13-27(26)44-2)20-12-22(20)31(34,35)36/h3-11,13-15,20,22H,12,16H2,1-2H3/t20-,22+/m0/s1. The number of anilines is 1. The summed E-state index contributed by atoms with van der Waals surface area (Å²) in [6, 6.07) is 13.9. The quantitative estimate of drug-likeness (QED) is 0.170. The molecule has 2 atom stereocenters. The Hall–Kier alpha value is -4.92. The number of benzene rings is 3. The summed E-state index contributed by atoms with van der Waals surface area (Å²) in [5.74, 6) is -4.76. The van der Waals surface area contributed by atoms with Crippen molar-refractivity contribution < 1.29 is 44.4 Å². The van der Waals surface area contributed by atoms with Crippen molar-refractivity contribution >= 4 is 26.7 Å². The largest absolute Gasteiger partial charge is 0.497 e. The van der Waals surface area contributed by atoms with Gasteiger partial charge >= 0.3 is 6.18 Å². The Balaban J connectivity index is 1.44. The van der Waals surface area contributed by atoms with Crippen molar-refractivity contribution in [3.63, 3.8) is 0 Å². The van der Waals surface area contributed by atoms with E-state index in [-0.39, 0.29) is 46.7 Å². The molecule has 0 bridgehead atoms. The maximum absolute atomic E-state index is 15.9. The summed E-state index contributed by atoms with van der Waals surface area (Å²) in [4.78, 5) is 12.3. The van der Waals surface area contributed by atoms with E-state index < -0.39 is 50.1 Å². The number of hydrogen-bond acceptors (Lipinski definition) is 7. The molecule has 0 radical (unpaired) electrons. The molecule has 2 heterocycles. The molecule has 1 fully saturated rings. The second kappa shape index (κ2) is 11.5. The van der Waals surface area contributed by atoms with Gasteiger partial charge in [-0.2, -0.15) is 13.2 Å². The molecule has 1 aliphatic carbocycles. The van der Waals surface area contributed by atoms with Gasteiger partial charge in [-0.05, 0) is 53.8 Å². The number of rotatable bonds is 9. The van der Waals surface area contributed by atoms with Gasteiger partial charge in [-0.25, -0.2) is 21.5 Å². The number of alkyl halides is 3. The molecule has 240 valence electrons. The Morgan fingerprint density at radius 3 is 2.33 bits per heavy atom. The molecule has 0 aliphatic heterocycles. The van der Waals surface area contributed by atoms with E-state index in [1.807, 2.05) is 0 Å². The van der Waals surface area contributed by atoms with Crippen molar-refractivity contribution in [3.8, 4) is 17.2 Å². The van der Waals surface area contributed by atoms with Crippen LogP contribution in [-0.2, 0) is 16.6 Å². The SMILES string of the molecule is COc1ccc(CN(c2ccon2)S(=O)(=O)c2cc3ccc(=O)n(-c4cc(F)c([C@@H]5C[C@H]5C(F)(F)F)cc4OC)c3cc2F)cc1. The molecule has 9 nitrogen and oxygen atoms in total. The van der Waals surface area contributed by atoms with Gasteiger partial charge in [-0.3, -0.25) is 9.36 Å². The third-order valence-electron chi connectivity index (χ3n) is 7.83. The zero-order chi connectivity index (χ0) is 33.0. The number of methoxy groups -OCH3 is 2. The maximum Gasteiger partial charge on any atom is 0.392 e. The number of hydrogen-bond donors (Lipinski definition) is 0. The monoisotopic (exact) mass is 661 g/mol. The van der Waals surface area contributed by atoms with Crippen molar-refractivity contribution in [1.29, 1.82) is 0 Å². The van der Waals surface area contributed by atoms with Crippen LogP contribution >= 0.6 is 0 Å². The van der Waals surface area contributed by atoms with Crippen LogP contribution in [0.3, 0.4) is 0 Å². The summed E-state index contributed by atoms with van der Waals surface area (Å²) in [7, 11) is -1.98. The van der Waals surface area contributed by atoms with Crippen LogP contribution < -0.4 is 19.3 Å². The van der Waals surface area contributed by atoms with Crippen LogP contribution in [0, 0.1) is 17.6 Å². The molecule has 0 saturated heterocycles. The van der Waals surface area contributed by atoms with Gasteiger partial charge < -0.3 is 14.0 Å². The molecule has 3 aromatic carbocycles. The van der Waals surface area contributed by atoms with E-state index in [0.717, 1.165) is 45.5 Å². The highest BCUT2D eigenvalue weighted by atomic mass is 32.2. The third kappa shape index (κ3) is 5.55. The summed E-state index contributed by atoms with van der Waals surface area (Å²) in [6.07, 6.45) is -3.63. The minimum Gasteiger partial charge on any atom is -0.497 e. The zero-order valence-electron chi connectivity index (χ0n) is 24.1. The van der Waals surface area contributed by atoms with Crippen molar-refractivity contribution in [2.75, 3.05) is 18.5 Å². The summed E-state index contributed by atoms with van der Waals surface area (Å²) < 4.78 is 116. The average Bonchev–Trinajstić information content (AvgIpc) is 3.66. The molecule has 46 heavy (non-hydrogen) atoms. The van der Waals surface area contributed by atoms with Crippen LogP contribution in [0.2, 0.25) is 0 Å². The fraction of sp³-hybridized carbons (Fsp3) is 0.226. The number of fused-ring (bicyclic) bond motifs is 1. The van der Waals surface area contributed by atoms with Crippen LogP contribution in [0.25, 0.3) is 16.6 Å².